The third kappa shape index (κ3) is 5.46. The number of amides is 2. The molecule has 2 N–H and O–H groups in total. The number of urea groups is 1. The van der Waals surface area contributed by atoms with Crippen LogP contribution in [0.3, 0.4) is 0 Å². The molecule has 1 unspecified atom stereocenters. The van der Waals surface area contributed by atoms with E-state index in [1.54, 1.807) is 29.0 Å². The van der Waals surface area contributed by atoms with E-state index in [0.29, 0.717) is 48.8 Å². The lowest BCUT2D eigenvalue weighted by molar-refractivity contribution is -0.156. The number of nitriles is 1. The normalized spacial score (nSPS) is 21.1. The quantitative estimate of drug-likeness (QED) is 0.282. The molecule has 43 heavy (non-hydrogen) atoms. The molecule has 3 atom stereocenters. The maximum absolute atomic E-state index is 14.1. The minimum Gasteiger partial charge on any atom is -0.383 e. The molecule has 2 aromatic heterocycles. The molecule has 2 amide bonds. The molecule has 6 rings (SSSR count). The van der Waals surface area contributed by atoms with Gasteiger partial charge in [0.1, 0.15) is 11.9 Å². The summed E-state index contributed by atoms with van der Waals surface area (Å²) in [6, 6.07) is 19.0. The van der Waals surface area contributed by atoms with Gasteiger partial charge in [0.25, 0.3) is 0 Å². The highest BCUT2D eigenvalue weighted by Gasteiger charge is 2.65. The van der Waals surface area contributed by atoms with E-state index in [9.17, 15) is 18.8 Å². The van der Waals surface area contributed by atoms with Gasteiger partial charge in [0.15, 0.2) is 5.82 Å². The molecule has 1 aliphatic heterocycles. The van der Waals surface area contributed by atoms with Crippen LogP contribution in [0.1, 0.15) is 29.2 Å². The van der Waals surface area contributed by atoms with E-state index < -0.39 is 29.3 Å². The number of para-hydroxylation sites is 1. The first-order valence-electron chi connectivity index (χ1n) is 13.8. The van der Waals surface area contributed by atoms with E-state index >= 15 is 0 Å². The summed E-state index contributed by atoms with van der Waals surface area (Å²) in [7, 11) is 1.59. The molecule has 2 fully saturated rings. The van der Waals surface area contributed by atoms with Crippen molar-refractivity contribution in [2.24, 2.45) is 5.41 Å². The topological polar surface area (TPSA) is 117 Å². The second-order valence-electron chi connectivity index (χ2n) is 10.7. The van der Waals surface area contributed by atoms with Gasteiger partial charge in [0.05, 0.1) is 29.6 Å². The van der Waals surface area contributed by atoms with Crippen molar-refractivity contribution in [3.8, 4) is 23.0 Å². The summed E-state index contributed by atoms with van der Waals surface area (Å²) in [5.74, 6) is -1.75. The van der Waals surface area contributed by atoms with Gasteiger partial charge in [-0.2, -0.15) is 19.8 Å². The molecule has 0 radical (unpaired) electrons. The first kappa shape index (κ1) is 28.4. The van der Waals surface area contributed by atoms with Crippen LogP contribution < -0.4 is 10.6 Å². The van der Waals surface area contributed by atoms with Crippen LogP contribution in [0, 0.1) is 35.4 Å². The maximum atomic E-state index is 14.1. The average molecular weight is 586 g/mol. The number of aromatic nitrogens is 3. The van der Waals surface area contributed by atoms with Gasteiger partial charge in [-0.1, -0.05) is 30.3 Å². The van der Waals surface area contributed by atoms with Crippen molar-refractivity contribution in [1.82, 2.24) is 25.1 Å². The zero-order valence-corrected chi connectivity index (χ0v) is 23.6. The molecule has 2 aliphatic rings. The Kier molecular flexibility index (Phi) is 7.62. The number of hydrogen-bond acceptors (Lipinski definition) is 7. The summed E-state index contributed by atoms with van der Waals surface area (Å²) >= 11 is 0. The van der Waals surface area contributed by atoms with Crippen LogP contribution in [-0.4, -0.2) is 58.7 Å². The Morgan fingerprint density at radius 1 is 1.21 bits per heavy atom. The number of halogens is 2. The van der Waals surface area contributed by atoms with Gasteiger partial charge < -0.3 is 10.1 Å². The largest absolute Gasteiger partial charge is 0.383 e. The summed E-state index contributed by atoms with van der Waals surface area (Å²) < 4.78 is 34.5. The fraction of sp³-hybridized carbons (Fsp3) is 0.290. The summed E-state index contributed by atoms with van der Waals surface area (Å²) in [5, 5.41) is 21.8. The predicted octanol–water partition coefficient (Wildman–Crippen LogP) is 4.91. The van der Waals surface area contributed by atoms with Crippen molar-refractivity contribution in [3.05, 3.63) is 95.3 Å². The molecule has 1 aliphatic carbocycles. The number of carbonyl (C=O) groups excluding carboxylic acids is 1. The van der Waals surface area contributed by atoms with E-state index in [2.05, 4.69) is 21.7 Å². The first-order chi connectivity index (χ1) is 20.8. The molecule has 2 aromatic carbocycles. The second-order valence-corrected chi connectivity index (χ2v) is 10.7. The van der Waals surface area contributed by atoms with Gasteiger partial charge in [0.2, 0.25) is 5.95 Å². The molecule has 1 saturated carbocycles. The van der Waals surface area contributed by atoms with Gasteiger partial charge in [0, 0.05) is 54.5 Å². The monoisotopic (exact) mass is 585 g/mol. The van der Waals surface area contributed by atoms with Gasteiger partial charge >= 0.3 is 6.03 Å². The molecule has 0 bridgehead atoms. The molecule has 1 saturated heterocycles. The van der Waals surface area contributed by atoms with Gasteiger partial charge in [-0.05, 0) is 43.7 Å². The van der Waals surface area contributed by atoms with E-state index in [0.717, 1.165) is 22.9 Å². The van der Waals surface area contributed by atoms with Gasteiger partial charge in [-0.15, -0.1) is 0 Å². The molecular weight excluding hydrogens is 556 g/mol. The number of methoxy groups -OCH3 is 1. The zero-order valence-electron chi connectivity index (χ0n) is 23.6. The fourth-order valence-corrected chi connectivity index (χ4v) is 5.66. The molecule has 1 spiro atoms. The summed E-state index contributed by atoms with van der Waals surface area (Å²) in [6.45, 7) is 3.23. The van der Waals surface area contributed by atoms with Crippen LogP contribution in [0.2, 0.25) is 0 Å². The third-order valence-electron chi connectivity index (χ3n) is 7.98. The fourth-order valence-electron chi connectivity index (χ4n) is 5.66. The highest BCUT2D eigenvalue weighted by atomic mass is 19.2. The van der Waals surface area contributed by atoms with Crippen molar-refractivity contribution in [3.63, 3.8) is 0 Å². The number of benzene rings is 2. The minimum absolute atomic E-state index is 0.301. The van der Waals surface area contributed by atoms with E-state index in [1.165, 1.54) is 6.20 Å². The van der Waals surface area contributed by atoms with Crippen molar-refractivity contribution in [2.75, 3.05) is 32.1 Å². The Morgan fingerprint density at radius 3 is 2.67 bits per heavy atom. The number of hydrogen-bond donors (Lipinski definition) is 2. The van der Waals surface area contributed by atoms with Crippen LogP contribution >= 0.6 is 0 Å². The van der Waals surface area contributed by atoms with Crippen LogP contribution in [0.25, 0.3) is 16.9 Å². The van der Waals surface area contributed by atoms with Crippen molar-refractivity contribution in [1.29, 1.82) is 5.26 Å². The van der Waals surface area contributed by atoms with Crippen LogP contribution in [-0.2, 0) is 9.57 Å². The van der Waals surface area contributed by atoms with Crippen LogP contribution in [0.15, 0.2) is 66.9 Å². The number of carbonyl (C=O) groups is 1. The summed E-state index contributed by atoms with van der Waals surface area (Å²) in [6.07, 6.45) is 1.21. The number of hydroxylamine groups is 2. The van der Waals surface area contributed by atoms with E-state index in [1.807, 2.05) is 49.4 Å². The van der Waals surface area contributed by atoms with Crippen LogP contribution in [0.5, 0.6) is 0 Å². The summed E-state index contributed by atoms with van der Waals surface area (Å²) in [5.41, 5.74) is 3.35. The van der Waals surface area contributed by atoms with E-state index in [-0.39, 0.29) is 6.04 Å². The predicted molar refractivity (Wildman–Crippen MR) is 153 cm³/mol. The Morgan fingerprint density at radius 2 is 1.98 bits per heavy atom. The highest BCUT2D eigenvalue weighted by molar-refractivity contribution is 5.91. The highest BCUT2D eigenvalue weighted by Crippen LogP contribution is 2.60. The number of anilines is 1. The van der Waals surface area contributed by atoms with Crippen molar-refractivity contribution < 1.29 is 23.1 Å². The third-order valence-corrected chi connectivity index (χ3v) is 7.98. The second kappa shape index (κ2) is 11.5. The molecule has 4 aromatic rings. The van der Waals surface area contributed by atoms with Crippen LogP contribution in [0.4, 0.5) is 19.4 Å². The SMILES string of the molecule is COCCN1C[C@@]2(C[C@@H]2NC(=O)Nc2c(C)c(-c3ccc(C#N)cc3)nn2-c2ccccc2)C(c2cnc(F)c(F)c2)O1. The first-order valence-corrected chi connectivity index (χ1v) is 13.8. The summed E-state index contributed by atoms with van der Waals surface area (Å²) in [4.78, 5) is 23.1. The lowest BCUT2D eigenvalue weighted by Gasteiger charge is -2.18. The Hall–Kier alpha value is -4.70. The molecule has 12 heteroatoms. The maximum Gasteiger partial charge on any atom is 0.320 e. The number of pyridine rings is 1. The van der Waals surface area contributed by atoms with Crippen molar-refractivity contribution >= 4 is 11.8 Å². The smallest absolute Gasteiger partial charge is 0.320 e. The minimum atomic E-state index is -1.18. The van der Waals surface area contributed by atoms with Crippen molar-refractivity contribution in [2.45, 2.75) is 25.5 Å². The number of rotatable bonds is 8. The molecule has 10 nitrogen and oxygen atoms in total. The molecule has 3 heterocycles. The Balaban J connectivity index is 1.25. The van der Waals surface area contributed by atoms with E-state index in [4.69, 9.17) is 14.7 Å². The Labute approximate surface area is 246 Å². The molecule has 220 valence electrons. The standard InChI is InChI=1S/C31H29F2N7O3/c1-19-26(21-10-8-20(16-34)9-11-21)38-40(23-6-4-3-5-7-23)29(19)37-30(41)36-25-15-31(25)18-39(12-13-42-2)43-27(31)22-14-24(32)28(33)35-17-22/h3-11,14,17,25,27H,12-13,15,18H2,1-2H3,(H2,36,37,41)/t25-,27?,31+/m0/s1. The number of ether oxygens (including phenoxy) is 1. The average Bonchev–Trinajstić information content (AvgIpc) is 3.40. The lowest BCUT2D eigenvalue weighted by atomic mass is 9.93. The number of nitrogens with one attached hydrogen (secondary N) is 2. The Bertz CT molecular complexity index is 1690. The van der Waals surface area contributed by atoms with Gasteiger partial charge in [-0.3, -0.25) is 10.2 Å². The van der Waals surface area contributed by atoms with Gasteiger partial charge in [-0.25, -0.2) is 18.9 Å². The zero-order chi connectivity index (χ0) is 30.1. The number of nitrogens with zero attached hydrogens (tertiary/aromatic N) is 5. The lowest BCUT2D eigenvalue weighted by Crippen LogP contribution is -2.36. The molecular formula is C31H29F2N7O3.